The van der Waals surface area contributed by atoms with Crippen LogP contribution >= 0.6 is 34.5 Å². The molecule has 0 saturated heterocycles. The first-order chi connectivity index (χ1) is 9.95. The summed E-state index contributed by atoms with van der Waals surface area (Å²) < 4.78 is 0. The number of rotatable bonds is 4. The molecule has 1 unspecified atom stereocenters. The fraction of sp³-hybridized carbons (Fsp3) is 0.231. The van der Waals surface area contributed by atoms with Gasteiger partial charge in [0, 0.05) is 27.5 Å². The van der Waals surface area contributed by atoms with Gasteiger partial charge >= 0.3 is 6.03 Å². The average molecular weight is 346 g/mol. The van der Waals surface area contributed by atoms with Gasteiger partial charge in [-0.3, -0.25) is 5.32 Å². The molecule has 3 N–H and O–H groups in total. The van der Waals surface area contributed by atoms with E-state index in [2.05, 4.69) is 15.6 Å². The average Bonchev–Trinajstić information content (AvgIpc) is 2.81. The number of benzene rings is 1. The summed E-state index contributed by atoms with van der Waals surface area (Å²) in [5.41, 5.74) is 1.34. The van der Waals surface area contributed by atoms with Crippen molar-refractivity contribution in [3.63, 3.8) is 0 Å². The highest BCUT2D eigenvalue weighted by Crippen LogP contribution is 2.25. The largest absolute Gasteiger partial charge is 0.387 e. The van der Waals surface area contributed by atoms with Crippen molar-refractivity contribution in [2.24, 2.45) is 0 Å². The maximum absolute atomic E-state index is 11.7. The first-order valence-electron chi connectivity index (χ1n) is 6.05. The maximum Gasteiger partial charge on any atom is 0.321 e. The number of aliphatic hydroxyl groups is 1. The van der Waals surface area contributed by atoms with Crippen LogP contribution in [0.3, 0.4) is 0 Å². The highest BCUT2D eigenvalue weighted by molar-refractivity contribution is 7.13. The number of nitrogens with zero attached hydrogens (tertiary/aromatic N) is 1. The molecule has 2 amide bonds. The molecular formula is C13H13Cl2N3O2S. The third-order valence-electron chi connectivity index (χ3n) is 2.62. The van der Waals surface area contributed by atoms with Gasteiger partial charge in [-0.05, 0) is 19.1 Å². The highest BCUT2D eigenvalue weighted by Gasteiger charge is 2.13. The van der Waals surface area contributed by atoms with E-state index in [-0.39, 0.29) is 6.54 Å². The highest BCUT2D eigenvalue weighted by atomic mass is 35.5. The van der Waals surface area contributed by atoms with Gasteiger partial charge in [0.2, 0.25) is 0 Å². The number of thiazole rings is 1. The molecule has 0 spiro atoms. The number of urea groups is 1. The lowest BCUT2D eigenvalue weighted by molar-refractivity contribution is 0.175. The monoisotopic (exact) mass is 345 g/mol. The van der Waals surface area contributed by atoms with E-state index < -0.39 is 12.1 Å². The number of aryl methyl sites for hydroxylation is 1. The number of aromatic nitrogens is 1. The molecule has 8 heteroatoms. The number of carbonyl (C=O) groups is 1. The van der Waals surface area contributed by atoms with E-state index in [9.17, 15) is 9.90 Å². The Labute approximate surface area is 135 Å². The van der Waals surface area contributed by atoms with Gasteiger partial charge in [-0.15, -0.1) is 11.3 Å². The number of nitrogens with one attached hydrogen (secondary N) is 2. The summed E-state index contributed by atoms with van der Waals surface area (Å²) in [5.74, 6) is 0. The molecule has 2 aromatic rings. The lowest BCUT2D eigenvalue weighted by Gasteiger charge is -2.14. The zero-order valence-electron chi connectivity index (χ0n) is 11.1. The molecule has 0 saturated carbocycles. The van der Waals surface area contributed by atoms with Crippen LogP contribution in [0.15, 0.2) is 23.6 Å². The number of anilines is 1. The van der Waals surface area contributed by atoms with Crippen LogP contribution in [0.25, 0.3) is 0 Å². The summed E-state index contributed by atoms with van der Waals surface area (Å²) in [6.45, 7) is 1.86. The fourth-order valence-corrected chi connectivity index (χ4v) is 2.84. The zero-order chi connectivity index (χ0) is 15.4. The van der Waals surface area contributed by atoms with Crippen LogP contribution in [0.2, 0.25) is 10.0 Å². The van der Waals surface area contributed by atoms with Crippen molar-refractivity contribution in [1.29, 1.82) is 0 Å². The fourth-order valence-electron chi connectivity index (χ4n) is 1.62. The Morgan fingerprint density at radius 3 is 2.86 bits per heavy atom. The topological polar surface area (TPSA) is 74.2 Å². The van der Waals surface area contributed by atoms with Crippen molar-refractivity contribution in [3.05, 3.63) is 44.9 Å². The summed E-state index contributed by atoms with van der Waals surface area (Å²) in [5, 5.41) is 18.3. The lowest BCUT2D eigenvalue weighted by Crippen LogP contribution is -2.32. The van der Waals surface area contributed by atoms with Crippen LogP contribution in [0, 0.1) is 6.92 Å². The molecule has 0 radical (unpaired) electrons. The molecule has 0 aliphatic carbocycles. The molecule has 0 fully saturated rings. The SMILES string of the molecule is Cc1csc(NC(=O)NCC(O)c2ccc(Cl)cc2Cl)n1. The quantitative estimate of drug-likeness (QED) is 0.792. The van der Waals surface area contributed by atoms with E-state index in [4.69, 9.17) is 23.2 Å². The number of amides is 2. The predicted octanol–water partition coefficient (Wildman–Crippen LogP) is 3.61. The van der Waals surface area contributed by atoms with Gasteiger partial charge in [-0.25, -0.2) is 9.78 Å². The van der Waals surface area contributed by atoms with E-state index in [1.165, 1.54) is 11.3 Å². The van der Waals surface area contributed by atoms with Crippen molar-refractivity contribution in [2.45, 2.75) is 13.0 Å². The van der Waals surface area contributed by atoms with Gasteiger partial charge < -0.3 is 10.4 Å². The molecular weight excluding hydrogens is 333 g/mol. The maximum atomic E-state index is 11.7. The number of hydrogen-bond acceptors (Lipinski definition) is 4. The van der Waals surface area contributed by atoms with Gasteiger partial charge in [0.1, 0.15) is 0 Å². The molecule has 1 atom stereocenters. The van der Waals surface area contributed by atoms with E-state index in [0.717, 1.165) is 5.69 Å². The Morgan fingerprint density at radius 1 is 1.48 bits per heavy atom. The second-order valence-electron chi connectivity index (χ2n) is 4.31. The minimum absolute atomic E-state index is 0.0253. The van der Waals surface area contributed by atoms with E-state index in [0.29, 0.717) is 20.7 Å². The Bertz CT molecular complexity index is 648. The van der Waals surface area contributed by atoms with Crippen LogP contribution in [0.4, 0.5) is 9.93 Å². The zero-order valence-corrected chi connectivity index (χ0v) is 13.4. The van der Waals surface area contributed by atoms with Crippen LogP contribution in [-0.2, 0) is 0 Å². The predicted molar refractivity (Wildman–Crippen MR) is 85.3 cm³/mol. The van der Waals surface area contributed by atoms with Gasteiger partial charge in [0.15, 0.2) is 5.13 Å². The smallest absolute Gasteiger partial charge is 0.321 e. The van der Waals surface area contributed by atoms with Crippen LogP contribution in [0.1, 0.15) is 17.4 Å². The van der Waals surface area contributed by atoms with Crippen molar-refractivity contribution >= 4 is 45.7 Å². The normalized spacial score (nSPS) is 12.0. The Hall–Kier alpha value is -1.34. The lowest BCUT2D eigenvalue weighted by atomic mass is 10.1. The number of carbonyl (C=O) groups excluding carboxylic acids is 1. The van der Waals surface area contributed by atoms with Crippen molar-refractivity contribution in [2.75, 3.05) is 11.9 Å². The Balaban J connectivity index is 1.88. The summed E-state index contributed by atoms with van der Waals surface area (Å²) >= 11 is 13.1. The van der Waals surface area contributed by atoms with Crippen LogP contribution < -0.4 is 10.6 Å². The summed E-state index contributed by atoms with van der Waals surface area (Å²) in [6.07, 6.45) is -0.918. The first-order valence-corrected chi connectivity index (χ1v) is 7.69. The van der Waals surface area contributed by atoms with Crippen LogP contribution in [-0.4, -0.2) is 22.7 Å². The van der Waals surface area contributed by atoms with Gasteiger partial charge in [-0.1, -0.05) is 29.3 Å². The number of hydrogen-bond donors (Lipinski definition) is 3. The standard InChI is InChI=1S/C13H13Cl2N3O2S/c1-7-6-21-13(17-7)18-12(20)16-5-11(19)9-3-2-8(14)4-10(9)15/h2-4,6,11,19H,5H2,1H3,(H2,16,17,18,20). The molecule has 0 aliphatic rings. The summed E-state index contributed by atoms with van der Waals surface area (Å²) in [6, 6.07) is 4.36. The van der Waals surface area contributed by atoms with Crippen LogP contribution in [0.5, 0.6) is 0 Å². The molecule has 1 aromatic heterocycles. The minimum atomic E-state index is -0.918. The van der Waals surface area contributed by atoms with Crippen molar-refractivity contribution in [1.82, 2.24) is 10.3 Å². The number of aliphatic hydroxyl groups excluding tert-OH is 1. The summed E-state index contributed by atoms with van der Waals surface area (Å²) in [4.78, 5) is 15.8. The Kier molecular flexibility index (Phi) is 5.41. The third kappa shape index (κ3) is 4.57. The van der Waals surface area contributed by atoms with Crippen molar-refractivity contribution < 1.29 is 9.90 Å². The Morgan fingerprint density at radius 2 is 2.24 bits per heavy atom. The molecule has 0 aliphatic heterocycles. The van der Waals surface area contributed by atoms with Gasteiger partial charge in [-0.2, -0.15) is 0 Å². The van der Waals surface area contributed by atoms with E-state index in [1.54, 1.807) is 18.2 Å². The third-order valence-corrected chi connectivity index (χ3v) is 4.05. The molecule has 5 nitrogen and oxygen atoms in total. The van der Waals surface area contributed by atoms with Crippen molar-refractivity contribution in [3.8, 4) is 0 Å². The summed E-state index contributed by atoms with van der Waals surface area (Å²) in [7, 11) is 0. The van der Waals surface area contributed by atoms with E-state index in [1.807, 2.05) is 12.3 Å². The molecule has 21 heavy (non-hydrogen) atoms. The van der Waals surface area contributed by atoms with Gasteiger partial charge in [0.05, 0.1) is 11.8 Å². The molecule has 0 bridgehead atoms. The van der Waals surface area contributed by atoms with E-state index >= 15 is 0 Å². The molecule has 2 rings (SSSR count). The second-order valence-corrected chi connectivity index (χ2v) is 6.01. The second kappa shape index (κ2) is 7.09. The molecule has 112 valence electrons. The number of halogens is 2. The minimum Gasteiger partial charge on any atom is -0.387 e. The molecule has 1 heterocycles. The first kappa shape index (κ1) is 16.0. The molecule has 1 aromatic carbocycles. The van der Waals surface area contributed by atoms with Gasteiger partial charge in [0.25, 0.3) is 0 Å².